The molecular formula is C15H20O6S. The molecule has 7 heteroatoms. The molecule has 0 spiro atoms. The molecule has 6 nitrogen and oxygen atoms in total. The van der Waals surface area contributed by atoms with Gasteiger partial charge in [-0.3, -0.25) is 4.79 Å². The number of carbonyl (C=O) groups is 1. The normalized spacial score (nSPS) is 17.6. The monoisotopic (exact) mass is 328 g/mol. The number of carboxylic acids is 1. The summed E-state index contributed by atoms with van der Waals surface area (Å²) in [6, 6.07) is 5.21. The number of methoxy groups -OCH3 is 1. The maximum absolute atomic E-state index is 11.2. The van der Waals surface area contributed by atoms with Crippen molar-refractivity contribution in [3.05, 3.63) is 23.8 Å². The van der Waals surface area contributed by atoms with Gasteiger partial charge in [0.2, 0.25) is 0 Å². The second kappa shape index (κ2) is 5.79. The van der Waals surface area contributed by atoms with Gasteiger partial charge in [-0.2, -0.15) is 0 Å². The summed E-state index contributed by atoms with van der Waals surface area (Å²) in [5.74, 6) is 0.0697. The molecule has 0 radical (unpaired) electrons. The first kappa shape index (κ1) is 16.6. The third-order valence-electron chi connectivity index (χ3n) is 3.63. The van der Waals surface area contributed by atoms with Crippen molar-refractivity contribution >= 4 is 15.8 Å². The molecule has 22 heavy (non-hydrogen) atoms. The fourth-order valence-electron chi connectivity index (χ4n) is 2.27. The largest absolute Gasteiger partial charge is 0.493 e. The molecule has 1 aliphatic heterocycles. The molecule has 0 amide bonds. The third-order valence-corrected chi connectivity index (χ3v) is 5.39. The molecule has 1 saturated heterocycles. The predicted octanol–water partition coefficient (Wildman–Crippen LogP) is 1.52. The van der Waals surface area contributed by atoms with E-state index in [4.69, 9.17) is 9.47 Å². The molecule has 122 valence electrons. The van der Waals surface area contributed by atoms with Crippen LogP contribution in [-0.4, -0.2) is 44.2 Å². The van der Waals surface area contributed by atoms with Crippen LogP contribution in [0.15, 0.2) is 18.2 Å². The predicted molar refractivity (Wildman–Crippen MR) is 81.2 cm³/mol. The zero-order chi connectivity index (χ0) is 16.5. The molecule has 1 aromatic carbocycles. The second-order valence-electron chi connectivity index (χ2n) is 6.17. The fraction of sp³-hybridized carbons (Fsp3) is 0.533. The van der Waals surface area contributed by atoms with Crippen molar-refractivity contribution in [1.29, 1.82) is 0 Å². The van der Waals surface area contributed by atoms with Crippen molar-refractivity contribution in [2.45, 2.75) is 26.4 Å². The molecule has 0 saturated carbocycles. The number of benzene rings is 1. The van der Waals surface area contributed by atoms with Crippen molar-refractivity contribution in [2.24, 2.45) is 5.41 Å². The minimum absolute atomic E-state index is 0.000993. The Balaban J connectivity index is 2.18. The highest BCUT2D eigenvalue weighted by Gasteiger charge is 2.36. The lowest BCUT2D eigenvalue weighted by Gasteiger charge is -2.27. The van der Waals surface area contributed by atoms with E-state index in [0.717, 1.165) is 5.56 Å². The smallest absolute Gasteiger partial charge is 0.309 e. The van der Waals surface area contributed by atoms with Crippen molar-refractivity contribution in [1.82, 2.24) is 0 Å². The summed E-state index contributed by atoms with van der Waals surface area (Å²) in [5, 5.41) is 9.20. The maximum Gasteiger partial charge on any atom is 0.309 e. The number of rotatable bonds is 6. The molecule has 1 aromatic rings. The van der Waals surface area contributed by atoms with E-state index in [1.165, 1.54) is 7.11 Å². The Bertz CT molecular complexity index is 665. The minimum atomic E-state index is -2.96. The van der Waals surface area contributed by atoms with E-state index in [-0.39, 0.29) is 17.6 Å². The lowest BCUT2D eigenvalue weighted by atomic mass is 9.86. The molecule has 1 aliphatic rings. The van der Waals surface area contributed by atoms with Crippen LogP contribution >= 0.6 is 0 Å². The highest BCUT2D eigenvalue weighted by Crippen LogP contribution is 2.33. The van der Waals surface area contributed by atoms with Crippen LogP contribution in [0.1, 0.15) is 19.4 Å². The molecule has 1 N–H and O–H groups in total. The van der Waals surface area contributed by atoms with Crippen LogP contribution in [0.25, 0.3) is 0 Å². The van der Waals surface area contributed by atoms with E-state index in [9.17, 15) is 18.3 Å². The summed E-state index contributed by atoms with van der Waals surface area (Å²) in [6.45, 7) is 3.30. The third kappa shape index (κ3) is 3.71. The topological polar surface area (TPSA) is 89.9 Å². The molecule has 2 rings (SSSR count). The summed E-state index contributed by atoms with van der Waals surface area (Å²) < 4.78 is 33.3. The maximum atomic E-state index is 11.2. The van der Waals surface area contributed by atoms with Gasteiger partial charge in [0.05, 0.1) is 24.0 Å². The van der Waals surface area contributed by atoms with Gasteiger partial charge in [-0.1, -0.05) is 6.07 Å². The van der Waals surface area contributed by atoms with Crippen molar-refractivity contribution < 1.29 is 27.8 Å². The van der Waals surface area contributed by atoms with Gasteiger partial charge in [0.15, 0.2) is 21.3 Å². The molecule has 0 bridgehead atoms. The molecular weight excluding hydrogens is 308 g/mol. The second-order valence-corrected chi connectivity index (χ2v) is 8.32. The van der Waals surface area contributed by atoms with E-state index in [1.54, 1.807) is 32.0 Å². The summed E-state index contributed by atoms with van der Waals surface area (Å²) in [6.07, 6.45) is -0.0345. The van der Waals surface area contributed by atoms with Crippen LogP contribution in [-0.2, 0) is 21.1 Å². The van der Waals surface area contributed by atoms with Crippen LogP contribution in [0, 0.1) is 5.41 Å². The molecule has 0 unspecified atom stereocenters. The summed E-state index contributed by atoms with van der Waals surface area (Å²) in [7, 11) is -1.46. The van der Waals surface area contributed by atoms with Crippen molar-refractivity contribution in [3.8, 4) is 11.5 Å². The number of aliphatic carboxylic acids is 1. The average molecular weight is 328 g/mol. The van der Waals surface area contributed by atoms with Crippen LogP contribution < -0.4 is 9.47 Å². The van der Waals surface area contributed by atoms with Gasteiger partial charge >= 0.3 is 5.97 Å². The average Bonchev–Trinajstić information content (AvgIpc) is 2.36. The van der Waals surface area contributed by atoms with Crippen molar-refractivity contribution in [3.63, 3.8) is 0 Å². The number of ether oxygens (including phenoxy) is 2. The van der Waals surface area contributed by atoms with Crippen LogP contribution in [0.4, 0.5) is 0 Å². The molecule has 0 aromatic heterocycles. The first-order valence-corrected chi connectivity index (χ1v) is 8.72. The van der Waals surface area contributed by atoms with Gasteiger partial charge in [0, 0.05) is 0 Å². The Morgan fingerprint density at radius 1 is 1.32 bits per heavy atom. The summed E-state index contributed by atoms with van der Waals surface area (Å²) >= 11 is 0. The highest BCUT2D eigenvalue weighted by atomic mass is 32.2. The van der Waals surface area contributed by atoms with Gasteiger partial charge in [0.1, 0.15) is 6.10 Å². The molecule has 1 fully saturated rings. The van der Waals surface area contributed by atoms with Gasteiger partial charge in [-0.15, -0.1) is 0 Å². The highest BCUT2D eigenvalue weighted by molar-refractivity contribution is 7.92. The number of sulfone groups is 1. The van der Waals surface area contributed by atoms with Gasteiger partial charge in [0.25, 0.3) is 0 Å². The van der Waals surface area contributed by atoms with E-state index in [2.05, 4.69) is 0 Å². The Labute approximate surface area is 130 Å². The first-order valence-electron chi connectivity index (χ1n) is 6.90. The molecule has 0 atom stereocenters. The van der Waals surface area contributed by atoms with Crippen LogP contribution in [0.5, 0.6) is 11.5 Å². The van der Waals surface area contributed by atoms with Gasteiger partial charge in [-0.05, 0) is 38.0 Å². The minimum Gasteiger partial charge on any atom is -0.493 e. The Morgan fingerprint density at radius 2 is 1.95 bits per heavy atom. The number of carboxylic acid groups (broad SMARTS) is 1. The first-order chi connectivity index (χ1) is 10.1. The lowest BCUT2D eigenvalue weighted by molar-refractivity contribution is -0.146. The standard InChI is InChI=1S/C15H20O6S/c1-15(2,14(16)17)7-10-4-5-12(20-3)13(6-10)21-11-8-22(18,19)9-11/h4-6,11H,7-9H2,1-3H3,(H,16,17). The zero-order valence-electron chi connectivity index (χ0n) is 12.8. The number of hydrogen-bond donors (Lipinski definition) is 1. The zero-order valence-corrected chi connectivity index (χ0v) is 13.6. The van der Waals surface area contributed by atoms with Crippen LogP contribution in [0.2, 0.25) is 0 Å². The quantitative estimate of drug-likeness (QED) is 0.851. The molecule has 0 aliphatic carbocycles. The fourth-order valence-corrected chi connectivity index (χ4v) is 3.45. The van der Waals surface area contributed by atoms with Gasteiger partial charge in [-0.25, -0.2) is 8.42 Å². The Hall–Kier alpha value is -1.76. The Morgan fingerprint density at radius 3 is 2.45 bits per heavy atom. The SMILES string of the molecule is COc1ccc(CC(C)(C)C(=O)O)cc1OC1CS(=O)(=O)C1. The van der Waals surface area contributed by atoms with E-state index >= 15 is 0 Å². The van der Waals surface area contributed by atoms with E-state index < -0.39 is 21.2 Å². The summed E-state index contributed by atoms with van der Waals surface area (Å²) in [4.78, 5) is 11.2. The van der Waals surface area contributed by atoms with Crippen molar-refractivity contribution in [2.75, 3.05) is 18.6 Å². The van der Waals surface area contributed by atoms with E-state index in [1.807, 2.05) is 0 Å². The summed E-state index contributed by atoms with van der Waals surface area (Å²) in [5.41, 5.74) is -0.101. The Kier molecular flexibility index (Phi) is 4.37. The lowest BCUT2D eigenvalue weighted by Crippen LogP contribution is -2.45. The van der Waals surface area contributed by atoms with E-state index in [0.29, 0.717) is 17.9 Å². The molecule has 1 heterocycles. The van der Waals surface area contributed by atoms with Crippen LogP contribution in [0.3, 0.4) is 0 Å². The van der Waals surface area contributed by atoms with Gasteiger partial charge < -0.3 is 14.6 Å². The number of hydrogen-bond acceptors (Lipinski definition) is 5.